The van der Waals surface area contributed by atoms with Crippen molar-refractivity contribution in [1.82, 2.24) is 5.32 Å². The minimum absolute atomic E-state index is 0.159. The fourth-order valence-electron chi connectivity index (χ4n) is 2.48. The fraction of sp³-hybridized carbons (Fsp3) is 0.462. The van der Waals surface area contributed by atoms with Crippen LogP contribution in [0.5, 0.6) is 0 Å². The number of benzene rings is 1. The molecule has 2 rings (SSSR count). The molecule has 0 bridgehead atoms. The molecule has 0 aromatic heterocycles. The Balaban J connectivity index is 2.32. The van der Waals surface area contributed by atoms with E-state index in [1.807, 2.05) is 18.2 Å². The van der Waals surface area contributed by atoms with Crippen molar-refractivity contribution in [2.45, 2.75) is 38.6 Å². The monoisotopic (exact) mass is 237 g/mol. The molecule has 0 radical (unpaired) electrons. The van der Waals surface area contributed by atoms with Crippen LogP contribution >= 0.6 is 11.6 Å². The molecule has 86 valence electrons. The smallest absolute Gasteiger partial charge is 0.220 e. The molecule has 1 amide bonds. The Morgan fingerprint density at radius 1 is 1.50 bits per heavy atom. The van der Waals surface area contributed by atoms with E-state index in [0.717, 1.165) is 11.4 Å². The van der Waals surface area contributed by atoms with Crippen LogP contribution in [0.15, 0.2) is 18.2 Å². The maximum atomic E-state index is 11.4. The number of carbonyl (C=O) groups is 1. The normalized spacial score (nSPS) is 24.6. The van der Waals surface area contributed by atoms with Crippen LogP contribution < -0.4 is 5.32 Å². The van der Waals surface area contributed by atoms with Gasteiger partial charge in [0.05, 0.1) is 0 Å². The number of hydrogen-bond donors (Lipinski definition) is 1. The summed E-state index contributed by atoms with van der Waals surface area (Å²) >= 11 is 5.94. The van der Waals surface area contributed by atoms with Crippen molar-refractivity contribution in [2.75, 3.05) is 0 Å². The summed E-state index contributed by atoms with van der Waals surface area (Å²) in [6.07, 6.45) is 1.57. The molecule has 1 aromatic rings. The van der Waals surface area contributed by atoms with Crippen LogP contribution in [-0.4, -0.2) is 11.9 Å². The number of nitrogens with one attached hydrogen (secondary N) is 1. The summed E-state index contributed by atoms with van der Waals surface area (Å²) in [6.45, 7) is 4.16. The highest BCUT2D eigenvalue weighted by Gasteiger charge is 2.32. The molecule has 2 atom stereocenters. The first-order chi connectivity index (χ1) is 7.61. The van der Waals surface area contributed by atoms with E-state index in [-0.39, 0.29) is 11.9 Å². The van der Waals surface area contributed by atoms with E-state index in [1.165, 1.54) is 11.1 Å². The van der Waals surface area contributed by atoms with Crippen LogP contribution in [0.1, 0.15) is 36.8 Å². The lowest BCUT2D eigenvalue weighted by Crippen LogP contribution is -2.27. The van der Waals surface area contributed by atoms with E-state index >= 15 is 0 Å². The molecule has 1 aliphatic rings. The minimum Gasteiger partial charge on any atom is -0.353 e. The minimum atomic E-state index is 0.159. The molecule has 0 aliphatic carbocycles. The number of carbonyl (C=O) groups excluding carboxylic acids is 1. The molecule has 0 saturated carbocycles. The predicted octanol–water partition coefficient (Wildman–Crippen LogP) is 3.03. The second-order valence-corrected chi connectivity index (χ2v) is 4.83. The van der Waals surface area contributed by atoms with Gasteiger partial charge in [0.1, 0.15) is 0 Å². The highest BCUT2D eigenvalue weighted by molar-refractivity contribution is 6.30. The van der Waals surface area contributed by atoms with Gasteiger partial charge in [0, 0.05) is 23.4 Å². The molecule has 1 fully saturated rings. The summed E-state index contributed by atoms with van der Waals surface area (Å²) < 4.78 is 0. The van der Waals surface area contributed by atoms with Crippen LogP contribution in [0, 0.1) is 6.92 Å². The predicted molar refractivity (Wildman–Crippen MR) is 65.8 cm³/mol. The topological polar surface area (TPSA) is 29.1 Å². The van der Waals surface area contributed by atoms with Gasteiger partial charge in [-0.05, 0) is 36.6 Å². The first kappa shape index (κ1) is 11.5. The Labute approximate surface area is 101 Å². The van der Waals surface area contributed by atoms with Crippen LogP contribution in [0.25, 0.3) is 0 Å². The number of hydrogen-bond acceptors (Lipinski definition) is 1. The van der Waals surface area contributed by atoms with E-state index in [1.54, 1.807) is 0 Å². The summed E-state index contributed by atoms with van der Waals surface area (Å²) in [5.74, 6) is 0.459. The zero-order valence-corrected chi connectivity index (χ0v) is 10.3. The van der Waals surface area contributed by atoms with Gasteiger partial charge in [0.25, 0.3) is 0 Å². The Hall–Kier alpha value is -1.02. The number of amides is 1. The Morgan fingerprint density at radius 3 is 2.88 bits per heavy atom. The van der Waals surface area contributed by atoms with Gasteiger partial charge in [-0.1, -0.05) is 24.6 Å². The quantitative estimate of drug-likeness (QED) is 0.842. The van der Waals surface area contributed by atoms with Gasteiger partial charge in [0.2, 0.25) is 5.91 Å². The van der Waals surface area contributed by atoms with Gasteiger partial charge in [0.15, 0.2) is 0 Å². The standard InChI is InChI=1S/C13H16ClNO/c1-3-12-11(7-13(16)15-12)10-5-4-9(14)6-8(10)2/h4-6,11-12H,3,7H2,1-2H3,(H,15,16). The third kappa shape index (κ3) is 2.07. The van der Waals surface area contributed by atoms with E-state index in [2.05, 4.69) is 19.2 Å². The van der Waals surface area contributed by atoms with Crippen molar-refractivity contribution in [3.8, 4) is 0 Å². The van der Waals surface area contributed by atoms with E-state index in [4.69, 9.17) is 11.6 Å². The lowest BCUT2D eigenvalue weighted by atomic mass is 9.88. The first-order valence-electron chi connectivity index (χ1n) is 5.67. The number of halogens is 1. The molecule has 16 heavy (non-hydrogen) atoms. The van der Waals surface area contributed by atoms with Crippen molar-refractivity contribution in [1.29, 1.82) is 0 Å². The highest BCUT2D eigenvalue weighted by atomic mass is 35.5. The summed E-state index contributed by atoms with van der Waals surface area (Å²) in [5, 5.41) is 3.78. The van der Waals surface area contributed by atoms with E-state index in [0.29, 0.717) is 12.3 Å². The summed E-state index contributed by atoms with van der Waals surface area (Å²) in [5.41, 5.74) is 2.42. The molecule has 1 saturated heterocycles. The third-order valence-electron chi connectivity index (χ3n) is 3.31. The van der Waals surface area contributed by atoms with Gasteiger partial charge >= 0.3 is 0 Å². The molecule has 2 unspecified atom stereocenters. The summed E-state index contributed by atoms with van der Waals surface area (Å²) in [4.78, 5) is 11.4. The van der Waals surface area contributed by atoms with Crippen molar-refractivity contribution in [2.24, 2.45) is 0 Å². The molecule has 3 heteroatoms. The average molecular weight is 238 g/mol. The lowest BCUT2D eigenvalue weighted by Gasteiger charge is -2.19. The van der Waals surface area contributed by atoms with Gasteiger partial charge in [-0.25, -0.2) is 0 Å². The van der Waals surface area contributed by atoms with Crippen molar-refractivity contribution in [3.05, 3.63) is 34.3 Å². The van der Waals surface area contributed by atoms with Crippen molar-refractivity contribution < 1.29 is 4.79 Å². The van der Waals surface area contributed by atoms with Crippen LogP contribution in [0.4, 0.5) is 0 Å². The fourth-order valence-corrected chi connectivity index (χ4v) is 2.70. The van der Waals surface area contributed by atoms with Gasteiger partial charge < -0.3 is 5.32 Å². The van der Waals surface area contributed by atoms with Crippen LogP contribution in [-0.2, 0) is 4.79 Å². The second kappa shape index (κ2) is 4.46. The summed E-state index contributed by atoms with van der Waals surface area (Å²) in [6, 6.07) is 6.18. The average Bonchev–Trinajstić information content (AvgIpc) is 2.59. The maximum Gasteiger partial charge on any atom is 0.220 e. The highest BCUT2D eigenvalue weighted by Crippen LogP contribution is 2.33. The summed E-state index contributed by atoms with van der Waals surface area (Å²) in [7, 11) is 0. The molecule has 0 spiro atoms. The number of aryl methyl sites for hydroxylation is 1. The van der Waals surface area contributed by atoms with Gasteiger partial charge in [-0.3, -0.25) is 4.79 Å². The molecular weight excluding hydrogens is 222 g/mol. The molecule has 1 aromatic carbocycles. The third-order valence-corrected chi connectivity index (χ3v) is 3.54. The Bertz CT molecular complexity index is 416. The van der Waals surface area contributed by atoms with E-state index in [9.17, 15) is 4.79 Å². The zero-order chi connectivity index (χ0) is 11.7. The maximum absolute atomic E-state index is 11.4. The van der Waals surface area contributed by atoms with Gasteiger partial charge in [-0.15, -0.1) is 0 Å². The van der Waals surface area contributed by atoms with Crippen LogP contribution in [0.2, 0.25) is 5.02 Å². The Kier molecular flexibility index (Phi) is 3.20. The first-order valence-corrected chi connectivity index (χ1v) is 6.05. The van der Waals surface area contributed by atoms with Gasteiger partial charge in [-0.2, -0.15) is 0 Å². The molecule has 1 aliphatic heterocycles. The van der Waals surface area contributed by atoms with E-state index < -0.39 is 0 Å². The molecule has 1 heterocycles. The van der Waals surface area contributed by atoms with Crippen molar-refractivity contribution in [3.63, 3.8) is 0 Å². The zero-order valence-electron chi connectivity index (χ0n) is 9.59. The second-order valence-electron chi connectivity index (χ2n) is 4.39. The van der Waals surface area contributed by atoms with Crippen LogP contribution in [0.3, 0.4) is 0 Å². The molecular formula is C13H16ClNO. The molecule has 1 N–H and O–H groups in total. The molecule has 2 nitrogen and oxygen atoms in total. The number of rotatable bonds is 2. The largest absolute Gasteiger partial charge is 0.353 e. The Morgan fingerprint density at radius 2 is 2.25 bits per heavy atom. The SMILES string of the molecule is CCC1NC(=O)CC1c1ccc(Cl)cc1C. The lowest BCUT2D eigenvalue weighted by molar-refractivity contribution is -0.119. The van der Waals surface area contributed by atoms with Crippen molar-refractivity contribution >= 4 is 17.5 Å².